The molecule has 8 heteroatoms. The zero-order chi connectivity index (χ0) is 16.3. The third-order valence-electron chi connectivity index (χ3n) is 3.73. The van der Waals surface area contributed by atoms with Crippen molar-refractivity contribution in [1.29, 1.82) is 0 Å². The summed E-state index contributed by atoms with van der Waals surface area (Å²) < 4.78 is 1.82. The minimum Gasteiger partial charge on any atom is -0.334 e. The van der Waals surface area contributed by atoms with E-state index in [2.05, 4.69) is 31.9 Å². The Bertz CT molecular complexity index is 533. The topological polar surface area (TPSA) is 43.9 Å². The number of rotatable bonds is 3. The van der Waals surface area contributed by atoms with Crippen LogP contribution in [0.15, 0.2) is 14.3 Å². The Kier molecular flexibility index (Phi) is 6.28. The van der Waals surface area contributed by atoms with Crippen molar-refractivity contribution < 1.29 is 9.59 Å². The van der Waals surface area contributed by atoms with E-state index >= 15 is 0 Å². The van der Waals surface area contributed by atoms with Crippen LogP contribution < -0.4 is 0 Å². The van der Waals surface area contributed by atoms with E-state index in [9.17, 15) is 9.59 Å². The molecule has 2 rings (SSSR count). The molecule has 0 radical (unpaired) electrons. The fourth-order valence-corrected chi connectivity index (χ4v) is 4.41. The molecule has 22 heavy (non-hydrogen) atoms. The standard InChI is InChI=1S/C14H19Br2N3O2S/c1-3-17(4-2)14(21)19-7-5-18(6-8-19)13(20)11-9-10(15)12(16)22-11/h9H,3-8H2,1-2H3. The van der Waals surface area contributed by atoms with E-state index in [1.807, 2.05) is 34.6 Å². The molecule has 0 saturated carbocycles. The van der Waals surface area contributed by atoms with Crippen LogP contribution in [0.25, 0.3) is 0 Å². The number of halogens is 2. The zero-order valence-electron chi connectivity index (χ0n) is 12.6. The second kappa shape index (κ2) is 7.79. The Morgan fingerprint density at radius 1 is 1.14 bits per heavy atom. The summed E-state index contributed by atoms with van der Waals surface area (Å²) in [5, 5.41) is 0. The molecule has 1 saturated heterocycles. The molecule has 0 N–H and O–H groups in total. The van der Waals surface area contributed by atoms with Crippen LogP contribution in [0.3, 0.4) is 0 Å². The minimum atomic E-state index is 0.0336. The molecule has 1 fully saturated rings. The summed E-state index contributed by atoms with van der Waals surface area (Å²) in [6.45, 7) is 7.74. The molecule has 1 aliphatic heterocycles. The Balaban J connectivity index is 1.94. The molecule has 0 unspecified atom stereocenters. The van der Waals surface area contributed by atoms with Gasteiger partial charge in [-0.15, -0.1) is 11.3 Å². The van der Waals surface area contributed by atoms with E-state index in [-0.39, 0.29) is 11.9 Å². The van der Waals surface area contributed by atoms with Crippen LogP contribution in [0.5, 0.6) is 0 Å². The molecule has 0 spiro atoms. The lowest BCUT2D eigenvalue weighted by Crippen LogP contribution is -2.53. The zero-order valence-corrected chi connectivity index (χ0v) is 16.6. The Morgan fingerprint density at radius 2 is 1.68 bits per heavy atom. The monoisotopic (exact) mass is 451 g/mol. The van der Waals surface area contributed by atoms with Gasteiger partial charge in [-0.1, -0.05) is 0 Å². The number of nitrogens with zero attached hydrogens (tertiary/aromatic N) is 3. The Morgan fingerprint density at radius 3 is 2.14 bits per heavy atom. The van der Waals surface area contributed by atoms with Crippen molar-refractivity contribution in [3.8, 4) is 0 Å². The summed E-state index contributed by atoms with van der Waals surface area (Å²) >= 11 is 8.24. The van der Waals surface area contributed by atoms with E-state index in [1.54, 1.807) is 0 Å². The summed E-state index contributed by atoms with van der Waals surface area (Å²) in [5.41, 5.74) is 0. The van der Waals surface area contributed by atoms with Crippen molar-refractivity contribution in [2.45, 2.75) is 13.8 Å². The van der Waals surface area contributed by atoms with Gasteiger partial charge in [0.1, 0.15) is 0 Å². The van der Waals surface area contributed by atoms with Gasteiger partial charge in [-0.25, -0.2) is 4.79 Å². The first kappa shape index (κ1) is 17.7. The fourth-order valence-electron chi connectivity index (χ4n) is 2.40. The third kappa shape index (κ3) is 3.83. The number of hydrogen-bond acceptors (Lipinski definition) is 3. The van der Waals surface area contributed by atoms with Gasteiger partial charge in [0, 0.05) is 43.7 Å². The number of piperazine rings is 1. The van der Waals surface area contributed by atoms with Gasteiger partial charge in [-0.3, -0.25) is 4.79 Å². The quantitative estimate of drug-likeness (QED) is 0.704. The molecular formula is C14H19Br2N3O2S. The van der Waals surface area contributed by atoms with Crippen LogP contribution in [0.1, 0.15) is 23.5 Å². The molecule has 0 aromatic carbocycles. The molecule has 0 bridgehead atoms. The van der Waals surface area contributed by atoms with Crippen LogP contribution in [0.2, 0.25) is 0 Å². The van der Waals surface area contributed by atoms with E-state index in [4.69, 9.17) is 0 Å². The van der Waals surface area contributed by atoms with E-state index in [0.717, 1.165) is 8.26 Å². The van der Waals surface area contributed by atoms with Gasteiger partial charge in [0.05, 0.1) is 8.66 Å². The molecule has 122 valence electrons. The van der Waals surface area contributed by atoms with Crippen molar-refractivity contribution in [3.05, 3.63) is 19.2 Å². The second-order valence-electron chi connectivity index (χ2n) is 4.97. The van der Waals surface area contributed by atoms with E-state index < -0.39 is 0 Å². The van der Waals surface area contributed by atoms with Crippen molar-refractivity contribution in [2.24, 2.45) is 0 Å². The molecule has 2 heterocycles. The minimum absolute atomic E-state index is 0.0336. The largest absolute Gasteiger partial charge is 0.334 e. The van der Waals surface area contributed by atoms with Crippen molar-refractivity contribution in [2.75, 3.05) is 39.3 Å². The number of carbonyl (C=O) groups is 2. The predicted molar refractivity (Wildman–Crippen MR) is 95.5 cm³/mol. The molecule has 5 nitrogen and oxygen atoms in total. The normalized spacial score (nSPS) is 15.1. The molecule has 1 aliphatic rings. The lowest BCUT2D eigenvalue weighted by Gasteiger charge is -2.37. The van der Waals surface area contributed by atoms with Gasteiger partial charge in [-0.05, 0) is 51.8 Å². The highest BCUT2D eigenvalue weighted by molar-refractivity contribution is 9.13. The van der Waals surface area contributed by atoms with Crippen molar-refractivity contribution in [3.63, 3.8) is 0 Å². The van der Waals surface area contributed by atoms with Gasteiger partial charge in [0.2, 0.25) is 0 Å². The van der Waals surface area contributed by atoms with Gasteiger partial charge < -0.3 is 14.7 Å². The Labute approximate surface area is 151 Å². The molecule has 1 aromatic rings. The van der Waals surface area contributed by atoms with Gasteiger partial charge in [0.25, 0.3) is 5.91 Å². The molecule has 0 aliphatic carbocycles. The summed E-state index contributed by atoms with van der Waals surface area (Å²) in [6.07, 6.45) is 0. The van der Waals surface area contributed by atoms with Gasteiger partial charge in [-0.2, -0.15) is 0 Å². The lowest BCUT2D eigenvalue weighted by atomic mass is 10.3. The van der Waals surface area contributed by atoms with Gasteiger partial charge in [0.15, 0.2) is 0 Å². The third-order valence-corrected chi connectivity index (χ3v) is 6.97. The van der Waals surface area contributed by atoms with E-state index in [1.165, 1.54) is 11.3 Å². The maximum absolute atomic E-state index is 12.5. The molecule has 0 atom stereocenters. The number of thiophene rings is 1. The van der Waals surface area contributed by atoms with Crippen LogP contribution in [0.4, 0.5) is 4.79 Å². The van der Waals surface area contributed by atoms with Crippen LogP contribution in [0, 0.1) is 0 Å². The average molecular weight is 453 g/mol. The number of amides is 3. The lowest BCUT2D eigenvalue weighted by molar-refractivity contribution is 0.0646. The Hall–Kier alpha value is -0.600. The summed E-state index contributed by atoms with van der Waals surface area (Å²) in [4.78, 5) is 30.9. The first-order valence-corrected chi connectivity index (χ1v) is 9.66. The maximum atomic E-state index is 12.5. The first-order chi connectivity index (χ1) is 10.5. The van der Waals surface area contributed by atoms with Gasteiger partial charge >= 0.3 is 6.03 Å². The summed E-state index contributed by atoms with van der Waals surface area (Å²) in [6, 6.07) is 1.91. The molecular weight excluding hydrogens is 434 g/mol. The molecule has 1 aromatic heterocycles. The van der Waals surface area contributed by atoms with Crippen molar-refractivity contribution in [1.82, 2.24) is 14.7 Å². The van der Waals surface area contributed by atoms with Crippen LogP contribution in [-0.4, -0.2) is 65.9 Å². The highest BCUT2D eigenvalue weighted by Gasteiger charge is 2.27. The SMILES string of the molecule is CCN(CC)C(=O)N1CCN(C(=O)c2cc(Br)c(Br)s2)CC1. The van der Waals surface area contributed by atoms with Crippen LogP contribution in [-0.2, 0) is 0 Å². The number of carbonyl (C=O) groups excluding carboxylic acids is 2. The van der Waals surface area contributed by atoms with E-state index in [0.29, 0.717) is 44.1 Å². The average Bonchev–Trinajstić information content (AvgIpc) is 2.87. The summed E-state index contributed by atoms with van der Waals surface area (Å²) in [7, 11) is 0. The maximum Gasteiger partial charge on any atom is 0.320 e. The summed E-state index contributed by atoms with van der Waals surface area (Å²) in [5.74, 6) is 0.0336. The van der Waals surface area contributed by atoms with Crippen LogP contribution >= 0.6 is 43.2 Å². The highest BCUT2D eigenvalue weighted by Crippen LogP contribution is 2.33. The second-order valence-corrected chi connectivity index (χ2v) is 8.19. The fraction of sp³-hybridized carbons (Fsp3) is 0.571. The highest BCUT2D eigenvalue weighted by atomic mass is 79.9. The van der Waals surface area contributed by atoms with Crippen molar-refractivity contribution >= 4 is 55.1 Å². The number of hydrogen-bond donors (Lipinski definition) is 0. The predicted octanol–water partition coefficient (Wildman–Crippen LogP) is 3.49. The smallest absolute Gasteiger partial charge is 0.320 e. The first-order valence-electron chi connectivity index (χ1n) is 7.25. The molecule has 3 amide bonds. The number of urea groups is 1.